The molecule has 5 rings (SSSR count). The lowest BCUT2D eigenvalue weighted by atomic mass is 9.91. The summed E-state index contributed by atoms with van der Waals surface area (Å²) in [4.78, 5) is 0. The molecule has 0 saturated carbocycles. The molecule has 3 nitrogen and oxygen atoms in total. The first-order valence-corrected chi connectivity index (χ1v) is 14.2. The van der Waals surface area contributed by atoms with Crippen molar-refractivity contribution in [2.75, 3.05) is 6.61 Å². The first-order chi connectivity index (χ1) is 21.8. The average Bonchev–Trinajstić information content (AvgIpc) is 2.96. The Balaban J connectivity index is 1.38. The number of ether oxygens (including phenoxy) is 2. The van der Waals surface area contributed by atoms with E-state index in [2.05, 4.69) is 4.74 Å². The highest BCUT2D eigenvalue weighted by Gasteiger charge is 2.41. The van der Waals surface area contributed by atoms with Crippen LogP contribution in [0.15, 0.2) is 54.6 Å². The minimum atomic E-state index is -4.75. The summed E-state index contributed by atoms with van der Waals surface area (Å²) < 4.78 is 143. The van der Waals surface area contributed by atoms with Crippen LogP contribution in [0.2, 0.25) is 0 Å². The van der Waals surface area contributed by atoms with Crippen molar-refractivity contribution in [3.05, 3.63) is 112 Å². The molecule has 4 aromatic carbocycles. The molecule has 1 heterocycles. The Morgan fingerprint density at radius 3 is 1.91 bits per heavy atom. The zero-order chi connectivity index (χ0) is 33.3. The summed E-state index contributed by atoms with van der Waals surface area (Å²) in [6.07, 6.45) is -2.08. The number of hydrogen-bond acceptors (Lipinski definition) is 3. The molecule has 0 aromatic heterocycles. The third-order valence-corrected chi connectivity index (χ3v) is 7.78. The number of rotatable bonds is 8. The zero-order valence-corrected chi connectivity index (χ0v) is 24.1. The molecule has 4 aromatic rings. The van der Waals surface area contributed by atoms with Gasteiger partial charge < -0.3 is 9.47 Å². The van der Waals surface area contributed by atoms with Crippen LogP contribution in [0.4, 0.5) is 39.5 Å². The highest BCUT2D eigenvalue weighted by Crippen LogP contribution is 2.40. The molecule has 1 aliphatic rings. The van der Waals surface area contributed by atoms with E-state index in [0.717, 1.165) is 43.5 Å². The van der Waals surface area contributed by atoms with E-state index in [-0.39, 0.29) is 11.1 Å². The molecular weight excluding hydrogens is 625 g/mol. The first kappa shape index (κ1) is 32.9. The van der Waals surface area contributed by atoms with Crippen LogP contribution in [-0.2, 0) is 10.8 Å². The Morgan fingerprint density at radius 2 is 1.39 bits per heavy atom. The van der Waals surface area contributed by atoms with E-state index in [0.29, 0.717) is 49.3 Å². The molecule has 0 radical (unpaired) electrons. The third kappa shape index (κ3) is 6.56. The molecule has 12 heteroatoms. The van der Waals surface area contributed by atoms with Gasteiger partial charge in [-0.3, -0.25) is 0 Å². The van der Waals surface area contributed by atoms with E-state index in [1.165, 1.54) is 6.07 Å². The molecule has 240 valence electrons. The monoisotopic (exact) mass is 649 g/mol. The van der Waals surface area contributed by atoms with Crippen molar-refractivity contribution in [2.45, 2.75) is 44.8 Å². The normalized spacial score (nSPS) is 16.7. The van der Waals surface area contributed by atoms with Gasteiger partial charge in [-0.15, -0.1) is 0 Å². The van der Waals surface area contributed by atoms with Gasteiger partial charge in [-0.25, -0.2) is 30.7 Å². The van der Waals surface area contributed by atoms with Gasteiger partial charge in [0.25, 0.3) is 0 Å². The Hall–Kier alpha value is -4.50. The number of alkyl halides is 2. The fraction of sp³-hybridized carbons (Fsp3) is 0.265. The molecular formula is C34H24F9NO2. The van der Waals surface area contributed by atoms with Gasteiger partial charge in [0.2, 0.25) is 0 Å². The van der Waals surface area contributed by atoms with Gasteiger partial charge in [-0.05, 0) is 90.4 Å². The summed E-state index contributed by atoms with van der Waals surface area (Å²) >= 11 is 0. The Bertz CT molecular complexity index is 1760. The number of halogens is 9. The molecule has 1 aliphatic heterocycles. The van der Waals surface area contributed by atoms with E-state index in [1.54, 1.807) is 0 Å². The standard InChI is InChI=1S/C34H24F9NO2/c1-2-3-17-4-7-31(45-16-17)19-10-27(38)32(28(39)11-19)20-12-29(40)33(30(41)13-20)34(42,43)46-21-5-6-22(26(37)14-21)18-8-24(35)23(15-44)25(36)9-18/h5-6,8-14,17,31H,2-4,7,16H2,1H3/t17-,31+/m0/s1. The fourth-order valence-electron chi connectivity index (χ4n) is 5.58. The maximum absolute atomic E-state index is 15.1. The summed E-state index contributed by atoms with van der Waals surface area (Å²) in [5, 5.41) is 8.78. The number of benzene rings is 4. The van der Waals surface area contributed by atoms with Gasteiger partial charge in [0.15, 0.2) is 0 Å². The SMILES string of the molecule is CCC[C@H]1CC[C@H](c2cc(F)c(-c3cc(F)c(C(F)(F)Oc4ccc(-c5cc(F)c(C#N)c(F)c5)c(F)c4)c(F)c3)c(F)c2)OC1. The van der Waals surface area contributed by atoms with Crippen LogP contribution >= 0.6 is 0 Å². The van der Waals surface area contributed by atoms with Crippen LogP contribution in [-0.4, -0.2) is 6.61 Å². The van der Waals surface area contributed by atoms with Crippen LogP contribution in [0, 0.1) is 58.0 Å². The van der Waals surface area contributed by atoms with Crippen LogP contribution < -0.4 is 4.74 Å². The second-order valence-corrected chi connectivity index (χ2v) is 10.9. The summed E-state index contributed by atoms with van der Waals surface area (Å²) in [6, 6.07) is 7.20. The Morgan fingerprint density at radius 1 is 0.783 bits per heavy atom. The van der Waals surface area contributed by atoms with E-state index in [4.69, 9.17) is 10.00 Å². The van der Waals surface area contributed by atoms with E-state index >= 15 is 17.6 Å². The lowest BCUT2D eigenvalue weighted by Crippen LogP contribution is -2.25. The predicted molar refractivity (Wildman–Crippen MR) is 149 cm³/mol. The summed E-state index contributed by atoms with van der Waals surface area (Å²) in [6.45, 7) is 2.46. The molecule has 1 saturated heterocycles. The molecule has 0 N–H and O–H groups in total. The van der Waals surface area contributed by atoms with Crippen molar-refractivity contribution in [3.8, 4) is 34.1 Å². The smallest absolute Gasteiger partial charge is 0.429 e. The average molecular weight is 650 g/mol. The van der Waals surface area contributed by atoms with Gasteiger partial charge in [0.1, 0.15) is 63.7 Å². The zero-order valence-electron chi connectivity index (χ0n) is 24.1. The van der Waals surface area contributed by atoms with Crippen molar-refractivity contribution >= 4 is 0 Å². The van der Waals surface area contributed by atoms with Crippen LogP contribution in [0.3, 0.4) is 0 Å². The van der Waals surface area contributed by atoms with Crippen LogP contribution in [0.5, 0.6) is 5.75 Å². The molecule has 0 unspecified atom stereocenters. The second-order valence-electron chi connectivity index (χ2n) is 10.9. The molecule has 0 spiro atoms. The van der Waals surface area contributed by atoms with Gasteiger partial charge in [0.05, 0.1) is 18.3 Å². The molecule has 46 heavy (non-hydrogen) atoms. The van der Waals surface area contributed by atoms with Crippen LogP contribution in [0.1, 0.15) is 55.4 Å². The van der Waals surface area contributed by atoms with Crippen molar-refractivity contribution in [3.63, 3.8) is 0 Å². The summed E-state index contributed by atoms with van der Waals surface area (Å²) in [5.41, 5.74) is -4.98. The first-order valence-electron chi connectivity index (χ1n) is 14.2. The van der Waals surface area contributed by atoms with Crippen LogP contribution in [0.25, 0.3) is 22.3 Å². The van der Waals surface area contributed by atoms with E-state index in [9.17, 15) is 22.0 Å². The van der Waals surface area contributed by atoms with Crippen molar-refractivity contribution < 1.29 is 49.0 Å². The van der Waals surface area contributed by atoms with Gasteiger partial charge in [-0.2, -0.15) is 14.0 Å². The largest absolute Gasteiger partial charge is 0.432 e. The molecule has 2 atom stereocenters. The minimum Gasteiger partial charge on any atom is -0.429 e. The lowest BCUT2D eigenvalue weighted by molar-refractivity contribution is -0.189. The highest BCUT2D eigenvalue weighted by atomic mass is 19.3. The Kier molecular flexibility index (Phi) is 9.35. The van der Waals surface area contributed by atoms with E-state index in [1.807, 2.05) is 6.92 Å². The van der Waals surface area contributed by atoms with Gasteiger partial charge in [-0.1, -0.05) is 13.3 Å². The number of hydrogen-bond donors (Lipinski definition) is 0. The predicted octanol–water partition coefficient (Wildman–Crippen LogP) is 10.3. The lowest BCUT2D eigenvalue weighted by Gasteiger charge is -2.29. The van der Waals surface area contributed by atoms with Crippen molar-refractivity contribution in [1.82, 2.24) is 0 Å². The number of nitrogens with zero attached hydrogens (tertiary/aromatic N) is 1. The van der Waals surface area contributed by atoms with Gasteiger partial charge >= 0.3 is 6.11 Å². The molecule has 0 aliphatic carbocycles. The maximum Gasteiger partial charge on any atom is 0.432 e. The highest BCUT2D eigenvalue weighted by molar-refractivity contribution is 5.67. The fourth-order valence-corrected chi connectivity index (χ4v) is 5.58. The van der Waals surface area contributed by atoms with Crippen molar-refractivity contribution in [2.24, 2.45) is 5.92 Å². The number of nitriles is 1. The molecule has 0 bridgehead atoms. The minimum absolute atomic E-state index is 0.193. The second kappa shape index (κ2) is 13.1. The van der Waals surface area contributed by atoms with Crippen molar-refractivity contribution in [1.29, 1.82) is 5.26 Å². The summed E-state index contributed by atoms with van der Waals surface area (Å²) in [7, 11) is 0. The van der Waals surface area contributed by atoms with Gasteiger partial charge in [0, 0.05) is 11.6 Å². The quantitative estimate of drug-likeness (QED) is 0.179. The maximum atomic E-state index is 15.1. The van der Waals surface area contributed by atoms with E-state index < -0.39 is 86.5 Å². The molecule has 0 amide bonds. The summed E-state index contributed by atoms with van der Waals surface area (Å²) in [5.74, 6) is -10.6. The third-order valence-electron chi connectivity index (χ3n) is 7.78. The Labute approximate surface area is 257 Å². The topological polar surface area (TPSA) is 42.2 Å². The molecule has 1 fully saturated rings.